The van der Waals surface area contributed by atoms with Crippen LogP contribution in [-0.4, -0.2) is 32.1 Å². The molecular formula is C13H20N2. The Balaban J connectivity index is 2.30. The van der Waals surface area contributed by atoms with Crippen LogP contribution in [0.15, 0.2) is 24.3 Å². The molecule has 1 aromatic carbocycles. The van der Waals surface area contributed by atoms with E-state index in [1.165, 1.54) is 24.1 Å². The van der Waals surface area contributed by atoms with Crippen molar-refractivity contribution in [2.75, 3.05) is 27.2 Å². The zero-order valence-electron chi connectivity index (χ0n) is 9.88. The van der Waals surface area contributed by atoms with Gasteiger partial charge < -0.3 is 10.2 Å². The second kappa shape index (κ2) is 3.95. The average Bonchev–Trinajstić information content (AvgIpc) is 2.62. The van der Waals surface area contributed by atoms with Gasteiger partial charge in [-0.3, -0.25) is 0 Å². The van der Waals surface area contributed by atoms with Crippen molar-refractivity contribution < 1.29 is 0 Å². The molecule has 82 valence electrons. The zero-order chi connectivity index (χ0) is 10.9. The van der Waals surface area contributed by atoms with Gasteiger partial charge in [0, 0.05) is 13.1 Å². The minimum atomic E-state index is 0.169. The van der Waals surface area contributed by atoms with Gasteiger partial charge >= 0.3 is 0 Å². The first-order chi connectivity index (χ1) is 7.16. The maximum absolute atomic E-state index is 3.50. The summed E-state index contributed by atoms with van der Waals surface area (Å²) in [7, 11) is 4.26. The number of nitrogens with zero attached hydrogens (tertiary/aromatic N) is 1. The molecule has 1 unspecified atom stereocenters. The second-order valence-corrected chi connectivity index (χ2v) is 4.69. The molecule has 1 N–H and O–H groups in total. The van der Waals surface area contributed by atoms with E-state index in [4.69, 9.17) is 0 Å². The number of benzene rings is 1. The molecule has 0 spiro atoms. The summed E-state index contributed by atoms with van der Waals surface area (Å²) < 4.78 is 0. The highest BCUT2D eigenvalue weighted by Gasteiger charge is 2.36. The Morgan fingerprint density at radius 3 is 2.40 bits per heavy atom. The van der Waals surface area contributed by atoms with Gasteiger partial charge in [0.05, 0.1) is 5.54 Å². The highest BCUT2D eigenvalue weighted by atomic mass is 15.2. The summed E-state index contributed by atoms with van der Waals surface area (Å²) in [6, 6.07) is 8.91. The number of rotatable bonds is 2. The Kier molecular flexibility index (Phi) is 2.81. The van der Waals surface area contributed by atoms with Crippen molar-refractivity contribution in [3.8, 4) is 0 Å². The number of likely N-dealkylation sites (tertiary alicyclic amines) is 1. The van der Waals surface area contributed by atoms with E-state index in [0.29, 0.717) is 0 Å². The molecular weight excluding hydrogens is 184 g/mol. The van der Waals surface area contributed by atoms with E-state index in [0.717, 1.165) is 6.54 Å². The number of hydrogen-bond acceptors (Lipinski definition) is 2. The third kappa shape index (κ3) is 1.92. The summed E-state index contributed by atoms with van der Waals surface area (Å²) in [5.74, 6) is 0. The fraction of sp³-hybridized carbons (Fsp3) is 0.538. The third-order valence-corrected chi connectivity index (χ3v) is 3.54. The summed E-state index contributed by atoms with van der Waals surface area (Å²) in [5, 5.41) is 3.50. The molecule has 1 aromatic rings. The quantitative estimate of drug-likeness (QED) is 0.789. The molecule has 1 heterocycles. The molecule has 0 aromatic heterocycles. The van der Waals surface area contributed by atoms with Crippen LogP contribution < -0.4 is 5.32 Å². The first kappa shape index (κ1) is 10.7. The molecule has 1 aliphatic heterocycles. The van der Waals surface area contributed by atoms with Crippen molar-refractivity contribution >= 4 is 0 Å². The van der Waals surface area contributed by atoms with Crippen LogP contribution >= 0.6 is 0 Å². The lowest BCUT2D eigenvalue weighted by atomic mass is 9.89. The lowest BCUT2D eigenvalue weighted by Crippen LogP contribution is -2.42. The van der Waals surface area contributed by atoms with Crippen LogP contribution in [-0.2, 0) is 5.54 Å². The van der Waals surface area contributed by atoms with E-state index in [-0.39, 0.29) is 5.54 Å². The summed E-state index contributed by atoms with van der Waals surface area (Å²) >= 11 is 0. The van der Waals surface area contributed by atoms with Gasteiger partial charge in [0.25, 0.3) is 0 Å². The predicted octanol–water partition coefficient (Wildman–Crippen LogP) is 1.75. The molecule has 1 aliphatic rings. The van der Waals surface area contributed by atoms with Crippen molar-refractivity contribution in [1.82, 2.24) is 10.2 Å². The molecule has 1 fully saturated rings. The zero-order valence-corrected chi connectivity index (χ0v) is 9.88. The van der Waals surface area contributed by atoms with Gasteiger partial charge in [-0.25, -0.2) is 0 Å². The number of aryl methyl sites for hydroxylation is 1. The Bertz CT molecular complexity index is 331. The number of nitrogens with one attached hydrogen (secondary N) is 1. The molecule has 0 saturated carbocycles. The third-order valence-electron chi connectivity index (χ3n) is 3.54. The van der Waals surface area contributed by atoms with Crippen molar-refractivity contribution in [2.45, 2.75) is 18.9 Å². The first-order valence-corrected chi connectivity index (χ1v) is 5.61. The highest BCUT2D eigenvalue weighted by molar-refractivity contribution is 5.29. The molecule has 2 heteroatoms. The van der Waals surface area contributed by atoms with Gasteiger partial charge in [-0.1, -0.05) is 29.8 Å². The van der Waals surface area contributed by atoms with Crippen LogP contribution in [0.4, 0.5) is 0 Å². The average molecular weight is 204 g/mol. The Morgan fingerprint density at radius 1 is 1.27 bits per heavy atom. The Morgan fingerprint density at radius 2 is 1.93 bits per heavy atom. The number of hydrogen-bond donors (Lipinski definition) is 1. The summed E-state index contributed by atoms with van der Waals surface area (Å²) in [4.78, 5) is 2.39. The van der Waals surface area contributed by atoms with E-state index in [9.17, 15) is 0 Å². The van der Waals surface area contributed by atoms with Crippen LogP contribution in [0.2, 0.25) is 0 Å². The van der Waals surface area contributed by atoms with Crippen LogP contribution in [0.3, 0.4) is 0 Å². The monoisotopic (exact) mass is 204 g/mol. The SMILES string of the molecule is CNC1(c2ccc(C)cc2)CCN(C)C1. The maximum Gasteiger partial charge on any atom is 0.0573 e. The fourth-order valence-electron chi connectivity index (χ4n) is 2.46. The summed E-state index contributed by atoms with van der Waals surface area (Å²) in [6.45, 7) is 4.41. The molecule has 2 nitrogen and oxygen atoms in total. The molecule has 0 bridgehead atoms. The molecule has 1 saturated heterocycles. The van der Waals surface area contributed by atoms with E-state index in [1.807, 2.05) is 0 Å². The van der Waals surface area contributed by atoms with Gasteiger partial charge in [0.1, 0.15) is 0 Å². The van der Waals surface area contributed by atoms with Crippen molar-refractivity contribution in [1.29, 1.82) is 0 Å². The fourth-order valence-corrected chi connectivity index (χ4v) is 2.46. The molecule has 2 rings (SSSR count). The van der Waals surface area contributed by atoms with E-state index in [1.54, 1.807) is 0 Å². The second-order valence-electron chi connectivity index (χ2n) is 4.69. The molecule has 0 radical (unpaired) electrons. The van der Waals surface area contributed by atoms with E-state index < -0.39 is 0 Å². The van der Waals surface area contributed by atoms with Crippen molar-refractivity contribution in [3.63, 3.8) is 0 Å². The smallest absolute Gasteiger partial charge is 0.0573 e. The maximum atomic E-state index is 3.50. The van der Waals surface area contributed by atoms with Gasteiger partial charge in [0.2, 0.25) is 0 Å². The first-order valence-electron chi connectivity index (χ1n) is 5.61. The molecule has 0 amide bonds. The minimum Gasteiger partial charge on any atom is -0.309 e. The van der Waals surface area contributed by atoms with Crippen molar-refractivity contribution in [3.05, 3.63) is 35.4 Å². The Labute approximate surface area is 92.3 Å². The minimum absolute atomic E-state index is 0.169. The van der Waals surface area contributed by atoms with E-state index >= 15 is 0 Å². The lowest BCUT2D eigenvalue weighted by Gasteiger charge is -2.29. The largest absolute Gasteiger partial charge is 0.309 e. The predicted molar refractivity (Wildman–Crippen MR) is 64.0 cm³/mol. The van der Waals surface area contributed by atoms with E-state index in [2.05, 4.69) is 55.5 Å². The summed E-state index contributed by atoms with van der Waals surface area (Å²) in [5.41, 5.74) is 2.92. The van der Waals surface area contributed by atoms with Crippen molar-refractivity contribution in [2.24, 2.45) is 0 Å². The Hall–Kier alpha value is -0.860. The molecule has 15 heavy (non-hydrogen) atoms. The molecule has 0 aliphatic carbocycles. The molecule has 1 atom stereocenters. The number of likely N-dealkylation sites (N-methyl/N-ethyl adjacent to an activating group) is 2. The highest BCUT2D eigenvalue weighted by Crippen LogP contribution is 2.30. The van der Waals surface area contributed by atoms with Crippen LogP contribution in [0, 0.1) is 6.92 Å². The topological polar surface area (TPSA) is 15.3 Å². The normalized spacial score (nSPS) is 27.1. The standard InChI is InChI=1S/C13H20N2/c1-11-4-6-12(7-5-11)13(14-2)8-9-15(3)10-13/h4-7,14H,8-10H2,1-3H3. The van der Waals surface area contributed by atoms with Gasteiger partial charge in [0.15, 0.2) is 0 Å². The van der Waals surface area contributed by atoms with Gasteiger partial charge in [-0.05, 0) is 33.0 Å². The van der Waals surface area contributed by atoms with Crippen LogP contribution in [0.5, 0.6) is 0 Å². The summed E-state index contributed by atoms with van der Waals surface area (Å²) in [6.07, 6.45) is 1.20. The van der Waals surface area contributed by atoms with Gasteiger partial charge in [-0.15, -0.1) is 0 Å². The van der Waals surface area contributed by atoms with Gasteiger partial charge in [-0.2, -0.15) is 0 Å². The lowest BCUT2D eigenvalue weighted by molar-refractivity contribution is 0.334. The van der Waals surface area contributed by atoms with Crippen LogP contribution in [0.1, 0.15) is 17.5 Å². The van der Waals surface area contributed by atoms with Crippen LogP contribution in [0.25, 0.3) is 0 Å².